The number of halogens is 3. The SMILES string of the molecule is CS(=O)(=O)N[C@H]1CCCN(C(=O)Nc2cc(C(F)(F)F)ccc2-n2cccn2)C1. The van der Waals surface area contributed by atoms with Crippen LogP contribution in [0.2, 0.25) is 0 Å². The van der Waals surface area contributed by atoms with Gasteiger partial charge in [0.1, 0.15) is 0 Å². The molecule has 3 rings (SSSR count). The molecule has 1 aromatic heterocycles. The summed E-state index contributed by atoms with van der Waals surface area (Å²) in [5, 5.41) is 6.52. The first-order valence-corrected chi connectivity index (χ1v) is 10.7. The van der Waals surface area contributed by atoms with Crippen molar-refractivity contribution in [2.75, 3.05) is 24.7 Å². The quantitative estimate of drug-likeness (QED) is 0.777. The molecule has 0 unspecified atom stereocenters. The highest BCUT2D eigenvalue weighted by molar-refractivity contribution is 7.88. The highest BCUT2D eigenvalue weighted by atomic mass is 32.2. The Morgan fingerprint density at radius 1 is 1.31 bits per heavy atom. The number of sulfonamides is 1. The fraction of sp³-hybridized carbons (Fsp3) is 0.412. The van der Waals surface area contributed by atoms with E-state index in [-0.39, 0.29) is 17.9 Å². The predicted molar refractivity (Wildman–Crippen MR) is 100 cm³/mol. The van der Waals surface area contributed by atoms with Gasteiger partial charge in [0.05, 0.1) is 23.2 Å². The van der Waals surface area contributed by atoms with Crippen molar-refractivity contribution in [2.45, 2.75) is 25.1 Å². The summed E-state index contributed by atoms with van der Waals surface area (Å²) in [7, 11) is -3.44. The second-order valence-electron chi connectivity index (χ2n) is 6.79. The summed E-state index contributed by atoms with van der Waals surface area (Å²) in [6, 6.07) is 3.55. The summed E-state index contributed by atoms with van der Waals surface area (Å²) in [5.41, 5.74) is -0.676. The van der Waals surface area contributed by atoms with Crippen LogP contribution < -0.4 is 10.0 Å². The first kappa shape index (κ1) is 21.1. The van der Waals surface area contributed by atoms with Crippen molar-refractivity contribution in [3.8, 4) is 5.69 Å². The van der Waals surface area contributed by atoms with Crippen molar-refractivity contribution in [1.29, 1.82) is 0 Å². The van der Waals surface area contributed by atoms with E-state index in [4.69, 9.17) is 0 Å². The number of amides is 2. The number of nitrogens with one attached hydrogen (secondary N) is 2. The smallest absolute Gasteiger partial charge is 0.323 e. The number of benzene rings is 1. The number of alkyl halides is 3. The third kappa shape index (κ3) is 5.48. The zero-order chi connectivity index (χ0) is 21.2. The molecule has 2 aromatic rings. The second kappa shape index (κ2) is 8.03. The minimum Gasteiger partial charge on any atom is -0.323 e. The van der Waals surface area contributed by atoms with Gasteiger partial charge in [0, 0.05) is 31.5 Å². The van der Waals surface area contributed by atoms with Crippen molar-refractivity contribution in [3.63, 3.8) is 0 Å². The fourth-order valence-electron chi connectivity index (χ4n) is 3.18. The molecule has 0 bridgehead atoms. The van der Waals surface area contributed by atoms with E-state index in [1.165, 1.54) is 21.8 Å². The number of piperidine rings is 1. The summed E-state index contributed by atoms with van der Waals surface area (Å²) in [5.74, 6) is 0. The van der Waals surface area contributed by atoms with E-state index < -0.39 is 33.8 Å². The van der Waals surface area contributed by atoms with Gasteiger partial charge in [0.25, 0.3) is 0 Å². The molecule has 1 fully saturated rings. The average Bonchev–Trinajstić information content (AvgIpc) is 3.14. The number of aromatic nitrogens is 2. The molecule has 2 amide bonds. The maximum atomic E-state index is 13.1. The lowest BCUT2D eigenvalue weighted by molar-refractivity contribution is -0.137. The van der Waals surface area contributed by atoms with Crippen LogP contribution in [0.5, 0.6) is 0 Å². The van der Waals surface area contributed by atoms with Crippen LogP contribution in [0.25, 0.3) is 5.69 Å². The van der Waals surface area contributed by atoms with E-state index in [9.17, 15) is 26.4 Å². The van der Waals surface area contributed by atoms with Gasteiger partial charge in [0.2, 0.25) is 10.0 Å². The van der Waals surface area contributed by atoms with Crippen LogP contribution in [0.1, 0.15) is 18.4 Å². The van der Waals surface area contributed by atoms with Crippen molar-refractivity contribution >= 4 is 21.7 Å². The van der Waals surface area contributed by atoms with E-state index in [2.05, 4.69) is 15.1 Å². The normalized spacial score (nSPS) is 17.9. The summed E-state index contributed by atoms with van der Waals surface area (Å²) in [6.45, 7) is 0.485. The maximum absolute atomic E-state index is 13.1. The number of carbonyl (C=O) groups is 1. The largest absolute Gasteiger partial charge is 0.416 e. The molecule has 1 atom stereocenters. The number of anilines is 1. The van der Waals surface area contributed by atoms with E-state index in [0.717, 1.165) is 18.4 Å². The molecule has 1 aliphatic heterocycles. The molecule has 0 saturated carbocycles. The van der Waals surface area contributed by atoms with E-state index >= 15 is 0 Å². The second-order valence-corrected chi connectivity index (χ2v) is 8.57. The lowest BCUT2D eigenvalue weighted by atomic mass is 10.1. The molecule has 158 valence electrons. The van der Waals surface area contributed by atoms with Crippen LogP contribution in [0.4, 0.5) is 23.7 Å². The molecule has 0 spiro atoms. The van der Waals surface area contributed by atoms with Crippen molar-refractivity contribution in [3.05, 3.63) is 42.2 Å². The number of hydrogen-bond acceptors (Lipinski definition) is 4. The number of likely N-dealkylation sites (tertiary alicyclic amines) is 1. The summed E-state index contributed by atoms with van der Waals surface area (Å²) >= 11 is 0. The highest BCUT2D eigenvalue weighted by Crippen LogP contribution is 2.33. The lowest BCUT2D eigenvalue weighted by Gasteiger charge is -2.33. The molecule has 12 heteroatoms. The first-order chi connectivity index (χ1) is 13.5. The molecule has 1 saturated heterocycles. The van der Waals surface area contributed by atoms with Crippen LogP contribution in [-0.4, -0.2) is 54.5 Å². The zero-order valence-electron chi connectivity index (χ0n) is 15.5. The summed E-state index contributed by atoms with van der Waals surface area (Å²) < 4.78 is 66.1. The Hall–Kier alpha value is -2.60. The molecular formula is C17H20F3N5O3S. The Bertz CT molecular complexity index is 977. The molecule has 0 aliphatic carbocycles. The first-order valence-electron chi connectivity index (χ1n) is 8.77. The Labute approximate surface area is 165 Å². The Morgan fingerprint density at radius 2 is 2.07 bits per heavy atom. The summed E-state index contributed by atoms with van der Waals surface area (Å²) in [6.07, 6.45) is 0.609. The third-order valence-electron chi connectivity index (χ3n) is 4.41. The predicted octanol–water partition coefficient (Wildman–Crippen LogP) is 2.44. The minimum atomic E-state index is -4.57. The van der Waals surface area contributed by atoms with Crippen LogP contribution in [0.3, 0.4) is 0 Å². The van der Waals surface area contributed by atoms with Crippen LogP contribution >= 0.6 is 0 Å². The topological polar surface area (TPSA) is 96.3 Å². The van der Waals surface area contributed by atoms with Crippen LogP contribution in [0.15, 0.2) is 36.7 Å². The van der Waals surface area contributed by atoms with Gasteiger partial charge < -0.3 is 10.2 Å². The van der Waals surface area contributed by atoms with Crippen LogP contribution in [-0.2, 0) is 16.2 Å². The Kier molecular flexibility index (Phi) is 5.85. The van der Waals surface area contributed by atoms with Crippen LogP contribution in [0, 0.1) is 0 Å². The van der Waals surface area contributed by atoms with Gasteiger partial charge in [-0.1, -0.05) is 0 Å². The molecule has 29 heavy (non-hydrogen) atoms. The Balaban J connectivity index is 1.83. The molecular weight excluding hydrogens is 411 g/mol. The number of nitrogens with zero attached hydrogens (tertiary/aromatic N) is 3. The molecule has 1 aromatic carbocycles. The van der Waals surface area contributed by atoms with Crippen molar-refractivity contribution in [1.82, 2.24) is 19.4 Å². The zero-order valence-corrected chi connectivity index (χ0v) is 16.3. The fourth-order valence-corrected chi connectivity index (χ4v) is 3.98. The molecule has 8 nitrogen and oxygen atoms in total. The monoisotopic (exact) mass is 431 g/mol. The van der Waals surface area contributed by atoms with E-state index in [1.54, 1.807) is 12.3 Å². The van der Waals surface area contributed by atoms with Gasteiger partial charge in [0.15, 0.2) is 0 Å². The third-order valence-corrected chi connectivity index (χ3v) is 5.17. The number of hydrogen-bond donors (Lipinski definition) is 2. The number of rotatable bonds is 4. The van der Waals surface area contributed by atoms with Gasteiger partial charge >= 0.3 is 12.2 Å². The van der Waals surface area contributed by atoms with Gasteiger partial charge in [-0.15, -0.1) is 0 Å². The molecule has 1 aliphatic rings. The number of urea groups is 1. The lowest BCUT2D eigenvalue weighted by Crippen LogP contribution is -2.50. The van der Waals surface area contributed by atoms with Gasteiger partial charge in [-0.2, -0.15) is 18.3 Å². The molecule has 0 radical (unpaired) electrons. The van der Waals surface area contributed by atoms with Crippen molar-refractivity contribution in [2.24, 2.45) is 0 Å². The van der Waals surface area contributed by atoms with Gasteiger partial charge in [-0.3, -0.25) is 0 Å². The van der Waals surface area contributed by atoms with Gasteiger partial charge in [-0.05, 0) is 37.1 Å². The maximum Gasteiger partial charge on any atom is 0.416 e. The number of carbonyl (C=O) groups excluding carboxylic acids is 1. The minimum absolute atomic E-state index is 0.0493. The van der Waals surface area contributed by atoms with Crippen molar-refractivity contribution < 1.29 is 26.4 Å². The van der Waals surface area contributed by atoms with E-state index in [1.807, 2.05) is 0 Å². The molecule has 2 heterocycles. The summed E-state index contributed by atoms with van der Waals surface area (Å²) in [4.78, 5) is 14.1. The molecule has 2 N–H and O–H groups in total. The standard InChI is InChI=1S/C17H20F3N5O3S/c1-29(27,28)23-13-4-2-8-24(11-13)16(26)22-14-10-12(17(18,19)20)5-6-15(14)25-9-3-7-21-25/h3,5-7,9-10,13,23H,2,4,8,11H2,1H3,(H,22,26)/t13-/m0/s1. The van der Waals surface area contributed by atoms with Gasteiger partial charge in [-0.25, -0.2) is 22.6 Å². The highest BCUT2D eigenvalue weighted by Gasteiger charge is 2.32. The average molecular weight is 431 g/mol. The van der Waals surface area contributed by atoms with E-state index in [0.29, 0.717) is 19.4 Å². The Morgan fingerprint density at radius 3 is 2.69 bits per heavy atom.